The largest absolute Gasteiger partial charge is 0.468 e. The van der Waals surface area contributed by atoms with Gasteiger partial charge in [0.1, 0.15) is 17.2 Å². The third-order valence-corrected chi connectivity index (χ3v) is 3.59. The highest BCUT2D eigenvalue weighted by Crippen LogP contribution is 2.26. The van der Waals surface area contributed by atoms with Crippen LogP contribution in [0, 0.1) is 0 Å². The fourth-order valence-corrected chi connectivity index (χ4v) is 2.30. The van der Waals surface area contributed by atoms with E-state index in [2.05, 4.69) is 12.2 Å². The standard InChI is InChI=1S/C21H26O6/c1-22-14-25-19-10-7-17(8-11-19)5-4-6-18-9-12-20(26-15-23-2)13-21(18)27-16-24-3/h4-5,7-13H,6,14-16H2,1-3H3. The van der Waals surface area contributed by atoms with Gasteiger partial charge < -0.3 is 28.4 Å². The van der Waals surface area contributed by atoms with Gasteiger partial charge in [-0.15, -0.1) is 0 Å². The van der Waals surface area contributed by atoms with Crippen LogP contribution in [0.25, 0.3) is 6.08 Å². The molecule has 6 nitrogen and oxygen atoms in total. The highest BCUT2D eigenvalue weighted by Gasteiger charge is 2.05. The van der Waals surface area contributed by atoms with Gasteiger partial charge >= 0.3 is 0 Å². The van der Waals surface area contributed by atoms with Gasteiger partial charge in [-0.1, -0.05) is 30.4 Å². The molecule has 6 heteroatoms. The van der Waals surface area contributed by atoms with E-state index in [1.165, 1.54) is 0 Å². The number of ether oxygens (including phenoxy) is 6. The minimum Gasteiger partial charge on any atom is -0.468 e. The summed E-state index contributed by atoms with van der Waals surface area (Å²) in [6.07, 6.45) is 4.84. The van der Waals surface area contributed by atoms with Gasteiger partial charge in [0.15, 0.2) is 20.4 Å². The second-order valence-electron chi connectivity index (χ2n) is 5.60. The summed E-state index contributed by atoms with van der Waals surface area (Å²) in [7, 11) is 4.76. The molecule has 0 aliphatic carbocycles. The Bertz CT molecular complexity index is 696. The molecule has 27 heavy (non-hydrogen) atoms. The Kier molecular flexibility index (Phi) is 9.20. The lowest BCUT2D eigenvalue weighted by atomic mass is 10.1. The maximum Gasteiger partial charge on any atom is 0.188 e. The van der Waals surface area contributed by atoms with Crippen LogP contribution in [0.1, 0.15) is 11.1 Å². The van der Waals surface area contributed by atoms with Crippen molar-refractivity contribution in [3.63, 3.8) is 0 Å². The highest BCUT2D eigenvalue weighted by atomic mass is 16.7. The molecule has 0 aliphatic rings. The van der Waals surface area contributed by atoms with Crippen molar-refractivity contribution >= 4 is 6.08 Å². The minimum absolute atomic E-state index is 0.174. The van der Waals surface area contributed by atoms with Gasteiger partial charge in [0.05, 0.1) is 0 Å². The van der Waals surface area contributed by atoms with E-state index in [0.717, 1.165) is 22.6 Å². The van der Waals surface area contributed by atoms with Gasteiger partial charge in [-0.3, -0.25) is 0 Å². The van der Waals surface area contributed by atoms with E-state index < -0.39 is 0 Å². The predicted molar refractivity (Wildman–Crippen MR) is 103 cm³/mol. The zero-order chi connectivity index (χ0) is 19.3. The van der Waals surface area contributed by atoms with Gasteiger partial charge in [0.25, 0.3) is 0 Å². The Morgan fingerprint density at radius 1 is 0.704 bits per heavy atom. The lowest BCUT2D eigenvalue weighted by molar-refractivity contribution is 0.0456. The zero-order valence-corrected chi connectivity index (χ0v) is 16.0. The first-order chi connectivity index (χ1) is 13.3. The summed E-state index contributed by atoms with van der Waals surface area (Å²) < 4.78 is 31.3. The molecule has 0 aliphatic heterocycles. The molecule has 0 spiro atoms. The van der Waals surface area contributed by atoms with E-state index in [4.69, 9.17) is 28.4 Å². The molecule has 2 aromatic rings. The van der Waals surface area contributed by atoms with E-state index in [0.29, 0.717) is 12.2 Å². The van der Waals surface area contributed by atoms with Gasteiger partial charge in [0, 0.05) is 27.4 Å². The minimum atomic E-state index is 0.174. The molecule has 2 rings (SSSR count). The maximum absolute atomic E-state index is 5.66. The van der Waals surface area contributed by atoms with E-state index in [9.17, 15) is 0 Å². The molecular weight excluding hydrogens is 348 g/mol. The summed E-state index contributed by atoms with van der Waals surface area (Å²) in [6.45, 7) is 0.601. The van der Waals surface area contributed by atoms with Crippen LogP contribution >= 0.6 is 0 Å². The summed E-state index contributed by atoms with van der Waals surface area (Å²) in [6, 6.07) is 13.5. The number of methoxy groups -OCH3 is 3. The fourth-order valence-electron chi connectivity index (χ4n) is 2.30. The van der Waals surface area contributed by atoms with Crippen LogP contribution in [0.4, 0.5) is 0 Å². The number of rotatable bonds is 12. The number of hydrogen-bond acceptors (Lipinski definition) is 6. The molecule has 0 fully saturated rings. The molecule has 0 saturated heterocycles. The maximum atomic E-state index is 5.66. The lowest BCUT2D eigenvalue weighted by Crippen LogP contribution is -2.03. The van der Waals surface area contributed by atoms with Crippen LogP contribution in [-0.4, -0.2) is 41.7 Å². The smallest absolute Gasteiger partial charge is 0.188 e. The fraction of sp³-hybridized carbons (Fsp3) is 0.333. The molecule has 0 amide bonds. The molecule has 0 bridgehead atoms. The number of hydrogen-bond donors (Lipinski definition) is 0. The molecule has 0 N–H and O–H groups in total. The number of benzene rings is 2. The molecule has 0 saturated carbocycles. The Balaban J connectivity index is 2.01. The third kappa shape index (κ3) is 7.30. The molecular formula is C21H26O6. The van der Waals surface area contributed by atoms with Gasteiger partial charge in [-0.25, -0.2) is 0 Å². The van der Waals surface area contributed by atoms with E-state index in [1.54, 1.807) is 21.3 Å². The second-order valence-corrected chi connectivity index (χ2v) is 5.60. The quantitative estimate of drug-likeness (QED) is 0.526. The van der Waals surface area contributed by atoms with E-state index in [1.807, 2.05) is 42.5 Å². The number of allylic oxidation sites excluding steroid dienone is 1. The predicted octanol–water partition coefficient (Wildman–Crippen LogP) is 3.89. The Hall–Kier alpha value is -2.54. The zero-order valence-electron chi connectivity index (χ0n) is 16.0. The molecule has 0 aromatic heterocycles. The average molecular weight is 374 g/mol. The molecule has 0 radical (unpaired) electrons. The van der Waals surface area contributed by atoms with Gasteiger partial charge in [0.2, 0.25) is 0 Å². The van der Waals surface area contributed by atoms with Crippen molar-refractivity contribution in [2.45, 2.75) is 6.42 Å². The van der Waals surface area contributed by atoms with Crippen molar-refractivity contribution in [2.24, 2.45) is 0 Å². The van der Waals surface area contributed by atoms with E-state index >= 15 is 0 Å². The van der Waals surface area contributed by atoms with Crippen LogP contribution in [0.3, 0.4) is 0 Å². The molecule has 0 atom stereocenters. The van der Waals surface area contributed by atoms with Crippen LogP contribution in [0.5, 0.6) is 17.2 Å². The molecule has 0 unspecified atom stereocenters. The Labute approximate surface area is 160 Å². The molecule has 2 aromatic carbocycles. The van der Waals surface area contributed by atoms with Crippen molar-refractivity contribution in [3.05, 3.63) is 59.7 Å². The van der Waals surface area contributed by atoms with Crippen LogP contribution < -0.4 is 14.2 Å². The first kappa shape index (κ1) is 20.8. The SMILES string of the molecule is COCOc1ccc(C=CCc2ccc(OCOC)cc2OCOC)cc1. The summed E-state index contributed by atoms with van der Waals surface area (Å²) in [5.74, 6) is 2.18. The third-order valence-electron chi connectivity index (χ3n) is 3.59. The first-order valence-electron chi connectivity index (χ1n) is 8.51. The molecule has 0 heterocycles. The van der Waals surface area contributed by atoms with Crippen LogP contribution in [0.2, 0.25) is 0 Å². The Morgan fingerprint density at radius 3 is 1.96 bits per heavy atom. The van der Waals surface area contributed by atoms with Crippen molar-refractivity contribution in [3.8, 4) is 17.2 Å². The van der Waals surface area contributed by atoms with Crippen LogP contribution in [-0.2, 0) is 20.6 Å². The van der Waals surface area contributed by atoms with Crippen LogP contribution in [0.15, 0.2) is 48.5 Å². The summed E-state index contributed by atoms with van der Waals surface area (Å²) in [5, 5.41) is 0. The summed E-state index contributed by atoms with van der Waals surface area (Å²) in [5.41, 5.74) is 2.12. The van der Waals surface area contributed by atoms with Crippen molar-refractivity contribution in [2.75, 3.05) is 41.7 Å². The van der Waals surface area contributed by atoms with Crippen molar-refractivity contribution < 1.29 is 28.4 Å². The average Bonchev–Trinajstić information content (AvgIpc) is 2.71. The topological polar surface area (TPSA) is 55.4 Å². The lowest BCUT2D eigenvalue weighted by Gasteiger charge is -2.12. The Morgan fingerprint density at radius 2 is 1.30 bits per heavy atom. The van der Waals surface area contributed by atoms with Gasteiger partial charge in [-0.2, -0.15) is 0 Å². The second kappa shape index (κ2) is 12.0. The van der Waals surface area contributed by atoms with E-state index in [-0.39, 0.29) is 20.4 Å². The first-order valence-corrected chi connectivity index (χ1v) is 8.51. The normalized spacial score (nSPS) is 10.9. The van der Waals surface area contributed by atoms with Crippen molar-refractivity contribution in [1.82, 2.24) is 0 Å². The summed E-state index contributed by atoms with van der Waals surface area (Å²) >= 11 is 0. The summed E-state index contributed by atoms with van der Waals surface area (Å²) in [4.78, 5) is 0. The van der Waals surface area contributed by atoms with Crippen molar-refractivity contribution in [1.29, 1.82) is 0 Å². The monoisotopic (exact) mass is 374 g/mol. The molecule has 146 valence electrons. The highest BCUT2D eigenvalue weighted by molar-refractivity contribution is 5.52. The van der Waals surface area contributed by atoms with Gasteiger partial charge in [-0.05, 0) is 35.7 Å².